The highest BCUT2D eigenvalue weighted by molar-refractivity contribution is 6.02. The van der Waals surface area contributed by atoms with Gasteiger partial charge in [0.15, 0.2) is 12.2 Å². The molecule has 2 unspecified atom stereocenters. The first-order chi connectivity index (χ1) is 12.2. The minimum absolute atomic E-state index is 0.110. The molecule has 2 atom stereocenters. The number of hydrogen-bond acceptors (Lipinski definition) is 10. The van der Waals surface area contributed by atoms with Crippen molar-refractivity contribution in [1.82, 2.24) is 10.1 Å². The number of rotatable bonds is 7. The van der Waals surface area contributed by atoms with E-state index >= 15 is 0 Å². The minimum Gasteiger partial charge on any atom is -0.381 e. The maximum atomic E-state index is 11.6. The van der Waals surface area contributed by atoms with Gasteiger partial charge in [-0.3, -0.25) is 19.2 Å². The summed E-state index contributed by atoms with van der Waals surface area (Å²) in [7, 11) is 0. The molecule has 2 heterocycles. The Morgan fingerprint density at radius 2 is 1.00 bits per heavy atom. The van der Waals surface area contributed by atoms with Crippen molar-refractivity contribution in [1.29, 1.82) is 0 Å². The number of hydroxylamine groups is 4. The quantitative estimate of drug-likeness (QED) is 0.464. The van der Waals surface area contributed by atoms with Crippen molar-refractivity contribution in [2.75, 3.05) is 0 Å². The van der Waals surface area contributed by atoms with E-state index in [1.54, 1.807) is 0 Å². The Bertz CT molecular complexity index is 572. The summed E-state index contributed by atoms with van der Waals surface area (Å²) in [6.07, 6.45) is -5.02. The van der Waals surface area contributed by atoms with Crippen molar-refractivity contribution in [2.24, 2.45) is 0 Å². The number of imide groups is 2. The van der Waals surface area contributed by atoms with Gasteiger partial charge in [0.1, 0.15) is 0 Å². The summed E-state index contributed by atoms with van der Waals surface area (Å²) in [6, 6.07) is 0. The average molecular weight is 372 g/mol. The lowest BCUT2D eigenvalue weighted by Crippen LogP contribution is -2.38. The fourth-order valence-corrected chi connectivity index (χ4v) is 2.17. The second kappa shape index (κ2) is 8.01. The zero-order chi connectivity index (χ0) is 19.4. The van der Waals surface area contributed by atoms with Crippen LogP contribution in [-0.2, 0) is 38.4 Å². The first kappa shape index (κ1) is 19.5. The molecule has 2 N–H and O–H groups in total. The lowest BCUT2D eigenvalue weighted by molar-refractivity contribution is -0.205. The maximum Gasteiger partial charge on any atom is 0.361 e. The third-order valence-electron chi connectivity index (χ3n) is 3.63. The van der Waals surface area contributed by atoms with E-state index in [2.05, 4.69) is 9.68 Å². The number of carbonyl (C=O) groups excluding carboxylic acids is 6. The van der Waals surface area contributed by atoms with E-state index in [-0.39, 0.29) is 35.8 Å². The van der Waals surface area contributed by atoms with Crippen LogP contribution in [0.15, 0.2) is 0 Å². The lowest BCUT2D eigenvalue weighted by Gasteiger charge is -2.17. The standard InChI is InChI=1S/C14H16N2O10/c17-7(13(23)25-15-9(19)3-4-10(15)20)1-2-8(18)14(24)26-16-11(21)5-6-12(16)22/h7-8,17-18H,1-6H2. The molecule has 0 bridgehead atoms. The van der Waals surface area contributed by atoms with Crippen LogP contribution in [0.2, 0.25) is 0 Å². The van der Waals surface area contributed by atoms with Gasteiger partial charge in [0.05, 0.1) is 0 Å². The largest absolute Gasteiger partial charge is 0.381 e. The molecule has 26 heavy (non-hydrogen) atoms. The lowest BCUT2D eigenvalue weighted by atomic mass is 10.1. The van der Waals surface area contributed by atoms with Crippen molar-refractivity contribution in [3.8, 4) is 0 Å². The summed E-state index contributed by atoms with van der Waals surface area (Å²) < 4.78 is 0. The third kappa shape index (κ3) is 4.40. The third-order valence-corrected chi connectivity index (χ3v) is 3.63. The molecule has 4 amide bonds. The predicted molar refractivity (Wildman–Crippen MR) is 75.6 cm³/mol. The van der Waals surface area contributed by atoms with Crippen molar-refractivity contribution in [3.05, 3.63) is 0 Å². The first-order valence-electron chi connectivity index (χ1n) is 7.72. The number of aliphatic hydroxyl groups excluding tert-OH is 2. The Morgan fingerprint density at radius 3 is 1.27 bits per heavy atom. The molecule has 2 rings (SSSR count). The highest BCUT2D eigenvalue weighted by Gasteiger charge is 2.36. The second-order valence-corrected chi connectivity index (χ2v) is 5.59. The fraction of sp³-hybridized carbons (Fsp3) is 0.571. The number of hydrogen-bond donors (Lipinski definition) is 2. The molecule has 2 saturated heterocycles. The van der Waals surface area contributed by atoms with E-state index in [0.717, 1.165) is 0 Å². The molecule has 2 aliphatic rings. The molecule has 142 valence electrons. The zero-order valence-corrected chi connectivity index (χ0v) is 13.5. The van der Waals surface area contributed by atoms with Gasteiger partial charge >= 0.3 is 11.9 Å². The molecule has 12 heteroatoms. The van der Waals surface area contributed by atoms with E-state index in [0.29, 0.717) is 0 Å². The van der Waals surface area contributed by atoms with Crippen LogP contribution in [-0.4, -0.2) is 68.1 Å². The molecule has 0 saturated carbocycles. The summed E-state index contributed by atoms with van der Waals surface area (Å²) in [6.45, 7) is 0. The molecule has 0 aromatic carbocycles. The van der Waals surface area contributed by atoms with Gasteiger partial charge in [-0.15, -0.1) is 10.1 Å². The van der Waals surface area contributed by atoms with Gasteiger partial charge in [-0.2, -0.15) is 0 Å². The van der Waals surface area contributed by atoms with Crippen LogP contribution in [0, 0.1) is 0 Å². The van der Waals surface area contributed by atoms with E-state index in [4.69, 9.17) is 0 Å². The Morgan fingerprint density at radius 1 is 0.731 bits per heavy atom. The van der Waals surface area contributed by atoms with Crippen molar-refractivity contribution >= 4 is 35.6 Å². The second-order valence-electron chi connectivity index (χ2n) is 5.59. The Hall–Kier alpha value is -2.86. The molecular weight excluding hydrogens is 356 g/mol. The normalized spacial score (nSPS) is 19.8. The van der Waals surface area contributed by atoms with Crippen LogP contribution >= 0.6 is 0 Å². The van der Waals surface area contributed by atoms with Crippen LogP contribution < -0.4 is 0 Å². The van der Waals surface area contributed by atoms with Crippen molar-refractivity contribution in [2.45, 2.75) is 50.7 Å². The molecule has 12 nitrogen and oxygen atoms in total. The summed E-state index contributed by atoms with van der Waals surface area (Å²) in [5.74, 6) is -5.51. The topological polar surface area (TPSA) is 168 Å². The van der Waals surface area contributed by atoms with Crippen LogP contribution in [0.5, 0.6) is 0 Å². The van der Waals surface area contributed by atoms with E-state index in [1.807, 2.05) is 0 Å². The van der Waals surface area contributed by atoms with Crippen LogP contribution in [0.4, 0.5) is 0 Å². The smallest absolute Gasteiger partial charge is 0.361 e. The van der Waals surface area contributed by atoms with E-state index in [9.17, 15) is 39.0 Å². The monoisotopic (exact) mass is 372 g/mol. The Balaban J connectivity index is 1.77. The van der Waals surface area contributed by atoms with Crippen LogP contribution in [0.1, 0.15) is 38.5 Å². The van der Waals surface area contributed by atoms with Gasteiger partial charge in [-0.25, -0.2) is 9.59 Å². The van der Waals surface area contributed by atoms with Crippen molar-refractivity contribution < 1.29 is 48.7 Å². The maximum absolute atomic E-state index is 11.6. The highest BCUT2D eigenvalue weighted by atomic mass is 16.7. The van der Waals surface area contributed by atoms with Gasteiger partial charge in [-0.1, -0.05) is 0 Å². The summed E-state index contributed by atoms with van der Waals surface area (Å²) in [4.78, 5) is 77.4. The van der Waals surface area contributed by atoms with Gasteiger partial charge < -0.3 is 19.9 Å². The molecule has 0 spiro atoms. The average Bonchev–Trinajstić information content (AvgIpc) is 3.09. The Kier molecular flexibility index (Phi) is 6.00. The molecule has 0 aromatic heterocycles. The molecule has 2 fully saturated rings. The van der Waals surface area contributed by atoms with Crippen LogP contribution in [0.25, 0.3) is 0 Å². The minimum atomic E-state index is -1.83. The first-order valence-corrected chi connectivity index (χ1v) is 7.72. The predicted octanol–water partition coefficient (Wildman–Crippen LogP) is -2.30. The van der Waals surface area contributed by atoms with E-state index in [1.165, 1.54) is 0 Å². The van der Waals surface area contributed by atoms with Gasteiger partial charge in [0, 0.05) is 25.7 Å². The van der Waals surface area contributed by atoms with Gasteiger partial charge in [-0.05, 0) is 12.8 Å². The van der Waals surface area contributed by atoms with E-state index < -0.39 is 60.6 Å². The SMILES string of the molecule is O=C(ON1C(=O)CCC1=O)C(O)CCC(O)C(=O)ON1C(=O)CCC1=O. The summed E-state index contributed by atoms with van der Waals surface area (Å²) in [5, 5.41) is 19.8. The van der Waals surface area contributed by atoms with Gasteiger partial charge in [0.2, 0.25) is 0 Å². The van der Waals surface area contributed by atoms with Crippen LogP contribution in [0.3, 0.4) is 0 Å². The summed E-state index contributed by atoms with van der Waals surface area (Å²) >= 11 is 0. The number of amides is 4. The highest BCUT2D eigenvalue weighted by Crippen LogP contribution is 2.15. The summed E-state index contributed by atoms with van der Waals surface area (Å²) in [5.41, 5.74) is 0. The Labute approximate surface area is 146 Å². The zero-order valence-electron chi connectivity index (χ0n) is 13.5. The molecule has 0 aliphatic carbocycles. The molecule has 0 aromatic rings. The fourth-order valence-electron chi connectivity index (χ4n) is 2.17. The van der Waals surface area contributed by atoms with Crippen molar-refractivity contribution in [3.63, 3.8) is 0 Å². The number of nitrogens with zero attached hydrogens (tertiary/aromatic N) is 2. The van der Waals surface area contributed by atoms with Gasteiger partial charge in [0.25, 0.3) is 23.6 Å². The number of carbonyl (C=O) groups is 6. The molecule has 2 aliphatic heterocycles. The molecular formula is C14H16N2O10. The number of aliphatic hydroxyl groups is 2. The molecule has 0 radical (unpaired) electrons.